The van der Waals surface area contributed by atoms with Gasteiger partial charge in [0, 0.05) is 11.6 Å². The van der Waals surface area contributed by atoms with Crippen molar-refractivity contribution in [3.63, 3.8) is 0 Å². The highest BCUT2D eigenvalue weighted by Gasteiger charge is 2.06. The predicted octanol–water partition coefficient (Wildman–Crippen LogP) is 2.68. The third-order valence-electron chi connectivity index (χ3n) is 2.10. The molecule has 0 unspecified atom stereocenters. The van der Waals surface area contributed by atoms with E-state index in [1.165, 1.54) is 6.08 Å². The highest BCUT2D eigenvalue weighted by Crippen LogP contribution is 2.26. The van der Waals surface area contributed by atoms with Crippen LogP contribution in [0.1, 0.15) is 11.1 Å². The second kappa shape index (κ2) is 5.08. The molecule has 4 heteroatoms. The Balaban J connectivity index is 3.18. The average molecular weight is 225 g/mol. The molecule has 0 radical (unpaired) electrons. The van der Waals surface area contributed by atoms with Gasteiger partial charge in [0.2, 0.25) is 6.08 Å². The number of isocyanates is 1. The van der Waals surface area contributed by atoms with Gasteiger partial charge in [0.15, 0.2) is 0 Å². The van der Waals surface area contributed by atoms with E-state index in [9.17, 15) is 4.79 Å². The molecule has 0 atom stereocenters. The van der Waals surface area contributed by atoms with Gasteiger partial charge in [-0.15, -0.1) is 0 Å². The van der Waals surface area contributed by atoms with E-state index >= 15 is 0 Å². The van der Waals surface area contributed by atoms with Gasteiger partial charge in [0.25, 0.3) is 0 Å². The topological polar surface area (TPSA) is 32.7 Å². The smallest absolute Gasteiger partial charge is 0.240 e. The number of benzene rings is 1. The molecule has 0 aliphatic carbocycles. The summed E-state index contributed by atoms with van der Waals surface area (Å²) in [5.74, 6) is 0. The quantitative estimate of drug-likeness (QED) is 0.584. The molecule has 0 bridgehead atoms. The largest absolute Gasteiger partial charge is 0.305 e. The first-order chi connectivity index (χ1) is 7.04. The summed E-state index contributed by atoms with van der Waals surface area (Å²) in [6, 6.07) is 3.52. The van der Waals surface area contributed by atoms with E-state index < -0.39 is 0 Å². The molecule has 80 valence electrons. The summed E-state index contributed by atoms with van der Waals surface area (Å²) in [5.41, 5.74) is 2.65. The Morgan fingerprint density at radius 2 is 2.13 bits per heavy atom. The number of nitrogens with zero attached hydrogens (tertiary/aromatic N) is 2. The summed E-state index contributed by atoms with van der Waals surface area (Å²) in [7, 11) is 3.95. The highest BCUT2D eigenvalue weighted by molar-refractivity contribution is 6.31. The lowest BCUT2D eigenvalue weighted by molar-refractivity contribution is 0.401. The van der Waals surface area contributed by atoms with E-state index in [1.807, 2.05) is 32.0 Å². The van der Waals surface area contributed by atoms with Crippen LogP contribution in [0.25, 0.3) is 0 Å². The van der Waals surface area contributed by atoms with E-state index in [-0.39, 0.29) is 0 Å². The van der Waals surface area contributed by atoms with Gasteiger partial charge < -0.3 is 4.90 Å². The SMILES string of the molecule is Cc1c(Cl)cc(N=C=O)cc1CN(C)C. The lowest BCUT2D eigenvalue weighted by Gasteiger charge is -2.13. The van der Waals surface area contributed by atoms with Gasteiger partial charge in [-0.25, -0.2) is 4.79 Å². The summed E-state index contributed by atoms with van der Waals surface area (Å²) in [5, 5.41) is 0.628. The molecule has 0 aliphatic heterocycles. The average Bonchev–Trinajstić information content (AvgIpc) is 2.13. The lowest BCUT2D eigenvalue weighted by atomic mass is 10.1. The monoisotopic (exact) mass is 224 g/mol. The Bertz CT molecular complexity index is 409. The van der Waals surface area contributed by atoms with Gasteiger partial charge in [-0.3, -0.25) is 0 Å². The third kappa shape index (κ3) is 3.17. The Morgan fingerprint density at radius 3 is 2.67 bits per heavy atom. The fourth-order valence-corrected chi connectivity index (χ4v) is 1.58. The molecule has 15 heavy (non-hydrogen) atoms. The molecular formula is C11H13ClN2O. The van der Waals surface area contributed by atoms with E-state index in [4.69, 9.17) is 11.6 Å². The maximum Gasteiger partial charge on any atom is 0.240 e. The van der Waals surface area contributed by atoms with E-state index in [0.717, 1.165) is 17.7 Å². The van der Waals surface area contributed by atoms with Crippen LogP contribution in [0.5, 0.6) is 0 Å². The molecule has 0 aromatic heterocycles. The third-order valence-corrected chi connectivity index (χ3v) is 2.49. The molecule has 1 aromatic rings. The van der Waals surface area contributed by atoms with E-state index in [2.05, 4.69) is 4.99 Å². The molecule has 1 aromatic carbocycles. The van der Waals surface area contributed by atoms with Crippen molar-refractivity contribution in [2.75, 3.05) is 14.1 Å². The molecule has 0 aliphatic rings. The van der Waals surface area contributed by atoms with Crippen molar-refractivity contribution in [3.8, 4) is 0 Å². The van der Waals surface area contributed by atoms with Crippen LogP contribution in [-0.4, -0.2) is 25.1 Å². The van der Waals surface area contributed by atoms with Crippen molar-refractivity contribution in [3.05, 3.63) is 28.3 Å². The lowest BCUT2D eigenvalue weighted by Crippen LogP contribution is -2.11. The molecule has 3 nitrogen and oxygen atoms in total. The number of aliphatic imine (C=N–C) groups is 1. The van der Waals surface area contributed by atoms with Crippen LogP contribution in [0.4, 0.5) is 5.69 Å². The zero-order chi connectivity index (χ0) is 11.4. The van der Waals surface area contributed by atoms with Gasteiger partial charge >= 0.3 is 0 Å². The summed E-state index contributed by atoms with van der Waals surface area (Å²) in [4.78, 5) is 15.8. The summed E-state index contributed by atoms with van der Waals surface area (Å²) in [6.45, 7) is 2.73. The van der Waals surface area contributed by atoms with Crippen LogP contribution < -0.4 is 0 Å². The molecule has 0 spiro atoms. The van der Waals surface area contributed by atoms with Crippen LogP contribution in [-0.2, 0) is 11.3 Å². The fraction of sp³-hybridized carbons (Fsp3) is 0.364. The van der Waals surface area contributed by atoms with Crippen molar-refractivity contribution < 1.29 is 4.79 Å². The van der Waals surface area contributed by atoms with Crippen molar-refractivity contribution >= 4 is 23.4 Å². The minimum Gasteiger partial charge on any atom is -0.305 e. The zero-order valence-electron chi connectivity index (χ0n) is 9.04. The van der Waals surface area contributed by atoms with Crippen LogP contribution in [0.15, 0.2) is 17.1 Å². The van der Waals surface area contributed by atoms with E-state index in [0.29, 0.717) is 10.7 Å². The summed E-state index contributed by atoms with van der Waals surface area (Å²) >= 11 is 6.03. The van der Waals surface area contributed by atoms with Gasteiger partial charge in [0.1, 0.15) is 0 Å². The summed E-state index contributed by atoms with van der Waals surface area (Å²) in [6.07, 6.45) is 1.51. The zero-order valence-corrected chi connectivity index (χ0v) is 9.80. The molecular weight excluding hydrogens is 212 g/mol. The Labute approximate surface area is 94.4 Å². The Hall–Kier alpha value is -1.15. The molecule has 0 heterocycles. The fourth-order valence-electron chi connectivity index (χ4n) is 1.34. The number of rotatable bonds is 3. The molecule has 0 amide bonds. The van der Waals surface area contributed by atoms with Gasteiger partial charge in [-0.05, 0) is 44.3 Å². The second-order valence-corrected chi connectivity index (χ2v) is 4.06. The number of halogens is 1. The normalized spacial score (nSPS) is 10.2. The van der Waals surface area contributed by atoms with Crippen LogP contribution >= 0.6 is 11.6 Å². The molecule has 0 fully saturated rings. The minimum atomic E-state index is 0.553. The van der Waals surface area contributed by atoms with Crippen LogP contribution in [0.2, 0.25) is 5.02 Å². The maximum absolute atomic E-state index is 10.2. The van der Waals surface area contributed by atoms with Gasteiger partial charge in [0.05, 0.1) is 5.69 Å². The van der Waals surface area contributed by atoms with Crippen molar-refractivity contribution in [1.82, 2.24) is 4.90 Å². The molecule has 0 saturated heterocycles. The standard InChI is InChI=1S/C11H13ClN2O/c1-8-9(6-14(2)3)4-10(13-7-15)5-11(8)12/h4-5H,6H2,1-3H3. The van der Waals surface area contributed by atoms with E-state index in [1.54, 1.807) is 6.07 Å². The Kier molecular flexibility index (Phi) is 4.04. The molecule has 0 saturated carbocycles. The number of carbonyl (C=O) groups excluding carboxylic acids is 1. The highest BCUT2D eigenvalue weighted by atomic mass is 35.5. The first-order valence-corrected chi connectivity index (χ1v) is 4.94. The van der Waals surface area contributed by atoms with Crippen molar-refractivity contribution in [1.29, 1.82) is 0 Å². The first-order valence-electron chi connectivity index (χ1n) is 4.56. The van der Waals surface area contributed by atoms with Gasteiger partial charge in [-0.1, -0.05) is 11.6 Å². The molecule has 1 rings (SSSR count). The number of hydrogen-bond donors (Lipinski definition) is 0. The van der Waals surface area contributed by atoms with Crippen molar-refractivity contribution in [2.24, 2.45) is 4.99 Å². The predicted molar refractivity (Wildman–Crippen MR) is 61.4 cm³/mol. The minimum absolute atomic E-state index is 0.553. The molecule has 0 N–H and O–H groups in total. The Morgan fingerprint density at radius 1 is 1.47 bits per heavy atom. The van der Waals surface area contributed by atoms with Crippen LogP contribution in [0.3, 0.4) is 0 Å². The van der Waals surface area contributed by atoms with Gasteiger partial charge in [-0.2, -0.15) is 4.99 Å². The second-order valence-electron chi connectivity index (χ2n) is 3.65. The van der Waals surface area contributed by atoms with Crippen molar-refractivity contribution in [2.45, 2.75) is 13.5 Å². The first kappa shape index (κ1) is 11.9. The number of hydrogen-bond acceptors (Lipinski definition) is 3. The van der Waals surface area contributed by atoms with Crippen LogP contribution in [0, 0.1) is 6.92 Å². The summed E-state index contributed by atoms with van der Waals surface area (Å²) < 4.78 is 0. The maximum atomic E-state index is 10.2.